The van der Waals surface area contributed by atoms with Gasteiger partial charge >= 0.3 is 0 Å². The normalized spacial score (nSPS) is 19.0. The SMILES string of the molecule is CC1(C)CCN(C(=O)c2ccc3nc[nH]c3c2)CCS1. The molecule has 0 saturated carbocycles. The molecule has 1 saturated heterocycles. The molecule has 3 rings (SSSR count). The number of aromatic nitrogens is 2. The van der Waals surface area contributed by atoms with Gasteiger partial charge in [-0.25, -0.2) is 4.98 Å². The molecule has 0 bridgehead atoms. The van der Waals surface area contributed by atoms with Crippen molar-refractivity contribution in [1.82, 2.24) is 14.9 Å². The second-order valence-corrected chi connectivity index (χ2v) is 7.59. The van der Waals surface area contributed by atoms with E-state index in [1.807, 2.05) is 34.9 Å². The molecular weight excluding hydrogens is 270 g/mol. The van der Waals surface area contributed by atoms with Crippen molar-refractivity contribution in [3.05, 3.63) is 30.1 Å². The summed E-state index contributed by atoms with van der Waals surface area (Å²) >= 11 is 1.95. The summed E-state index contributed by atoms with van der Waals surface area (Å²) in [6.07, 6.45) is 2.69. The van der Waals surface area contributed by atoms with E-state index in [2.05, 4.69) is 23.8 Å². The van der Waals surface area contributed by atoms with Gasteiger partial charge in [-0.2, -0.15) is 11.8 Å². The van der Waals surface area contributed by atoms with E-state index in [0.717, 1.165) is 41.9 Å². The van der Waals surface area contributed by atoms with E-state index in [1.54, 1.807) is 6.33 Å². The van der Waals surface area contributed by atoms with Crippen molar-refractivity contribution in [1.29, 1.82) is 0 Å². The molecule has 20 heavy (non-hydrogen) atoms. The summed E-state index contributed by atoms with van der Waals surface area (Å²) in [7, 11) is 0. The molecule has 5 heteroatoms. The number of benzene rings is 1. The van der Waals surface area contributed by atoms with E-state index in [-0.39, 0.29) is 10.7 Å². The topological polar surface area (TPSA) is 49.0 Å². The number of H-pyrrole nitrogens is 1. The van der Waals surface area contributed by atoms with Crippen LogP contribution in [0.4, 0.5) is 0 Å². The second-order valence-electron chi connectivity index (χ2n) is 5.78. The second kappa shape index (κ2) is 5.13. The standard InChI is InChI=1S/C15H19N3OS/c1-15(2)5-6-18(7-8-20-15)14(19)11-3-4-12-13(9-11)17-10-16-12/h3-4,9-10H,5-8H2,1-2H3,(H,16,17). The number of carbonyl (C=O) groups is 1. The summed E-state index contributed by atoms with van der Waals surface area (Å²) in [4.78, 5) is 21.8. The van der Waals surface area contributed by atoms with Crippen LogP contribution in [-0.2, 0) is 0 Å². The maximum absolute atomic E-state index is 12.6. The fourth-order valence-corrected chi connectivity index (χ4v) is 3.57. The number of nitrogens with one attached hydrogen (secondary N) is 1. The summed E-state index contributed by atoms with van der Waals surface area (Å²) in [5, 5.41) is 0. The van der Waals surface area contributed by atoms with E-state index in [9.17, 15) is 4.79 Å². The molecule has 2 aromatic rings. The van der Waals surface area contributed by atoms with Crippen molar-refractivity contribution in [2.75, 3.05) is 18.8 Å². The molecule has 1 amide bonds. The van der Waals surface area contributed by atoms with Gasteiger partial charge in [0.15, 0.2) is 0 Å². The number of hydrogen-bond donors (Lipinski definition) is 1. The number of hydrogen-bond acceptors (Lipinski definition) is 3. The Labute approximate surface area is 123 Å². The zero-order chi connectivity index (χ0) is 14.2. The molecule has 1 N–H and O–H groups in total. The van der Waals surface area contributed by atoms with Gasteiger partial charge in [-0.15, -0.1) is 0 Å². The Balaban J connectivity index is 1.80. The Bertz CT molecular complexity index is 635. The van der Waals surface area contributed by atoms with Crippen molar-refractivity contribution in [3.63, 3.8) is 0 Å². The Morgan fingerprint density at radius 3 is 3.10 bits per heavy atom. The molecule has 0 aliphatic carbocycles. The molecule has 0 atom stereocenters. The van der Waals surface area contributed by atoms with Gasteiger partial charge in [-0.3, -0.25) is 4.79 Å². The third-order valence-corrected chi connectivity index (χ3v) is 5.16. The van der Waals surface area contributed by atoms with E-state index in [1.165, 1.54) is 0 Å². The van der Waals surface area contributed by atoms with Crippen LogP contribution in [0.25, 0.3) is 11.0 Å². The fourth-order valence-electron chi connectivity index (χ4n) is 2.47. The van der Waals surface area contributed by atoms with Gasteiger partial charge in [0.05, 0.1) is 17.4 Å². The zero-order valence-electron chi connectivity index (χ0n) is 11.8. The molecule has 1 aromatic heterocycles. The van der Waals surface area contributed by atoms with Gasteiger partial charge < -0.3 is 9.88 Å². The average molecular weight is 289 g/mol. The summed E-state index contributed by atoms with van der Waals surface area (Å²) in [6, 6.07) is 5.66. The maximum Gasteiger partial charge on any atom is 0.253 e. The Morgan fingerprint density at radius 1 is 1.40 bits per heavy atom. The minimum atomic E-state index is 0.125. The van der Waals surface area contributed by atoms with Crippen LogP contribution in [0.2, 0.25) is 0 Å². The van der Waals surface area contributed by atoms with Crippen LogP contribution in [0.15, 0.2) is 24.5 Å². The first kappa shape index (κ1) is 13.5. The van der Waals surface area contributed by atoms with Gasteiger partial charge in [0, 0.05) is 29.2 Å². The quantitative estimate of drug-likeness (QED) is 0.878. The minimum Gasteiger partial charge on any atom is -0.345 e. The molecule has 1 aromatic carbocycles. The van der Waals surface area contributed by atoms with E-state index < -0.39 is 0 Å². The largest absolute Gasteiger partial charge is 0.345 e. The lowest BCUT2D eigenvalue weighted by Crippen LogP contribution is -2.33. The number of amides is 1. The van der Waals surface area contributed by atoms with Crippen molar-refractivity contribution in [3.8, 4) is 0 Å². The summed E-state index contributed by atoms with van der Waals surface area (Å²) in [6.45, 7) is 6.17. The molecule has 1 aliphatic rings. The first-order valence-electron chi connectivity index (χ1n) is 6.92. The first-order valence-corrected chi connectivity index (χ1v) is 7.90. The fraction of sp³-hybridized carbons (Fsp3) is 0.467. The lowest BCUT2D eigenvalue weighted by Gasteiger charge is -2.22. The zero-order valence-corrected chi connectivity index (χ0v) is 12.7. The minimum absolute atomic E-state index is 0.125. The number of thioether (sulfide) groups is 1. The van der Waals surface area contributed by atoms with Crippen molar-refractivity contribution in [2.45, 2.75) is 25.0 Å². The maximum atomic E-state index is 12.6. The van der Waals surface area contributed by atoms with E-state index in [0.29, 0.717) is 0 Å². The molecule has 1 aliphatic heterocycles. The van der Waals surface area contributed by atoms with Crippen molar-refractivity contribution in [2.24, 2.45) is 0 Å². The smallest absolute Gasteiger partial charge is 0.253 e. The predicted molar refractivity (Wildman–Crippen MR) is 83.2 cm³/mol. The lowest BCUT2D eigenvalue weighted by molar-refractivity contribution is 0.0764. The molecule has 0 unspecified atom stereocenters. The Kier molecular flexibility index (Phi) is 3.46. The van der Waals surface area contributed by atoms with Crippen LogP contribution in [0.3, 0.4) is 0 Å². The molecule has 2 heterocycles. The number of aromatic amines is 1. The summed E-state index contributed by atoms with van der Waals surface area (Å²) < 4.78 is 0.266. The van der Waals surface area contributed by atoms with Gasteiger partial charge in [0.2, 0.25) is 0 Å². The first-order chi connectivity index (χ1) is 9.55. The third-order valence-electron chi connectivity index (χ3n) is 3.79. The van der Waals surface area contributed by atoms with Crippen LogP contribution in [0, 0.1) is 0 Å². The van der Waals surface area contributed by atoms with Crippen molar-refractivity contribution >= 4 is 28.7 Å². The monoisotopic (exact) mass is 289 g/mol. The highest BCUT2D eigenvalue weighted by atomic mass is 32.2. The van der Waals surface area contributed by atoms with Crippen LogP contribution < -0.4 is 0 Å². The number of rotatable bonds is 1. The Morgan fingerprint density at radius 2 is 2.25 bits per heavy atom. The van der Waals surface area contributed by atoms with Gasteiger partial charge in [-0.1, -0.05) is 13.8 Å². The van der Waals surface area contributed by atoms with Crippen LogP contribution in [0.1, 0.15) is 30.6 Å². The molecule has 1 fully saturated rings. The van der Waals surface area contributed by atoms with Gasteiger partial charge in [-0.05, 0) is 24.6 Å². The molecular formula is C15H19N3OS. The molecule has 106 valence electrons. The number of nitrogens with zero attached hydrogens (tertiary/aromatic N) is 2. The van der Waals surface area contributed by atoms with Crippen LogP contribution >= 0.6 is 11.8 Å². The van der Waals surface area contributed by atoms with Crippen LogP contribution in [-0.4, -0.2) is 44.4 Å². The third kappa shape index (κ3) is 2.68. The van der Waals surface area contributed by atoms with Gasteiger partial charge in [0.25, 0.3) is 5.91 Å². The van der Waals surface area contributed by atoms with E-state index in [4.69, 9.17) is 0 Å². The number of imidazole rings is 1. The predicted octanol–water partition coefficient (Wildman–Crippen LogP) is 2.92. The van der Waals surface area contributed by atoms with E-state index >= 15 is 0 Å². The Hall–Kier alpha value is -1.49. The lowest BCUT2D eigenvalue weighted by atomic mass is 10.1. The average Bonchev–Trinajstić information content (AvgIpc) is 2.81. The molecule has 0 spiro atoms. The number of carbonyl (C=O) groups excluding carboxylic acids is 1. The summed E-state index contributed by atoms with van der Waals surface area (Å²) in [5.41, 5.74) is 2.56. The van der Waals surface area contributed by atoms with Crippen molar-refractivity contribution < 1.29 is 4.79 Å². The highest BCUT2D eigenvalue weighted by Crippen LogP contribution is 2.31. The summed E-state index contributed by atoms with van der Waals surface area (Å²) in [5.74, 6) is 1.13. The van der Waals surface area contributed by atoms with Crippen LogP contribution in [0.5, 0.6) is 0 Å². The number of fused-ring (bicyclic) bond motifs is 1. The molecule has 4 nitrogen and oxygen atoms in total. The highest BCUT2D eigenvalue weighted by molar-refractivity contribution is 8.00. The highest BCUT2D eigenvalue weighted by Gasteiger charge is 2.26. The molecule has 0 radical (unpaired) electrons. The van der Waals surface area contributed by atoms with Gasteiger partial charge in [0.1, 0.15) is 0 Å².